The number of carbonyl (C=O) groups is 1. The van der Waals surface area contributed by atoms with Gasteiger partial charge in [-0.1, -0.05) is 17.4 Å². The third-order valence-electron chi connectivity index (χ3n) is 5.83. The van der Waals surface area contributed by atoms with Crippen molar-refractivity contribution in [3.63, 3.8) is 0 Å². The fraction of sp³-hybridized carbons (Fsp3) is 0.333. The van der Waals surface area contributed by atoms with E-state index in [1.807, 2.05) is 18.2 Å². The maximum absolute atomic E-state index is 13.4. The fourth-order valence-corrected chi connectivity index (χ4v) is 5.55. The highest BCUT2D eigenvalue weighted by atomic mass is 32.1. The molecule has 0 unspecified atom stereocenters. The van der Waals surface area contributed by atoms with E-state index >= 15 is 0 Å². The normalized spacial score (nSPS) is 12.8. The van der Waals surface area contributed by atoms with Crippen molar-refractivity contribution in [2.24, 2.45) is 0 Å². The Morgan fingerprint density at radius 1 is 1.24 bits per heavy atom. The van der Waals surface area contributed by atoms with Crippen LogP contribution in [0.15, 0.2) is 30.9 Å². The lowest BCUT2D eigenvalue weighted by Gasteiger charge is -2.18. The van der Waals surface area contributed by atoms with Gasteiger partial charge in [0.2, 0.25) is 0 Å². The lowest BCUT2D eigenvalue weighted by Crippen LogP contribution is -2.15. The number of nitrogens with one attached hydrogen (secondary N) is 1. The number of ether oxygens (including phenoxy) is 3. The molecule has 3 aromatic heterocycles. The van der Waals surface area contributed by atoms with Crippen molar-refractivity contribution in [1.29, 1.82) is 0 Å². The number of methoxy groups -OCH3 is 2. The van der Waals surface area contributed by atoms with Crippen LogP contribution in [-0.4, -0.2) is 53.1 Å². The van der Waals surface area contributed by atoms with Gasteiger partial charge in [-0.3, -0.25) is 0 Å². The van der Waals surface area contributed by atoms with E-state index in [2.05, 4.69) is 15.4 Å². The highest BCUT2D eigenvalue weighted by Gasteiger charge is 2.29. The summed E-state index contributed by atoms with van der Waals surface area (Å²) in [5.41, 5.74) is 3.82. The molecule has 1 aromatic carbocycles. The number of benzene rings is 1. The Balaban J connectivity index is 1.85. The number of thiophene rings is 1. The average Bonchev–Trinajstić information content (AvgIpc) is 3.50. The van der Waals surface area contributed by atoms with Crippen molar-refractivity contribution < 1.29 is 19.0 Å². The lowest BCUT2D eigenvalue weighted by atomic mass is 9.92. The van der Waals surface area contributed by atoms with Gasteiger partial charge >= 0.3 is 5.97 Å². The predicted octanol–water partition coefficient (Wildman–Crippen LogP) is 4.16. The van der Waals surface area contributed by atoms with Crippen LogP contribution in [-0.2, 0) is 17.7 Å². The Labute approximate surface area is 200 Å². The summed E-state index contributed by atoms with van der Waals surface area (Å²) in [6.07, 6.45) is 5.00. The summed E-state index contributed by atoms with van der Waals surface area (Å²) in [4.78, 5) is 23.3. The van der Waals surface area contributed by atoms with Crippen LogP contribution in [0.4, 0.5) is 5.00 Å². The molecule has 4 heterocycles. The average molecular weight is 480 g/mol. The highest BCUT2D eigenvalue weighted by molar-refractivity contribution is 7.22. The minimum Gasteiger partial charge on any atom is -0.493 e. The van der Waals surface area contributed by atoms with E-state index in [4.69, 9.17) is 19.2 Å². The Kier molecular flexibility index (Phi) is 6.06. The van der Waals surface area contributed by atoms with E-state index in [-0.39, 0.29) is 6.61 Å². The highest BCUT2D eigenvalue weighted by Crippen LogP contribution is 2.46. The second-order valence-corrected chi connectivity index (χ2v) is 8.81. The number of pyridine rings is 1. The van der Waals surface area contributed by atoms with Crippen LogP contribution < -0.4 is 14.8 Å². The largest absolute Gasteiger partial charge is 0.493 e. The first-order valence-electron chi connectivity index (χ1n) is 11.1. The van der Waals surface area contributed by atoms with Gasteiger partial charge in [-0.2, -0.15) is 5.10 Å². The number of hydrogen-bond acceptors (Lipinski definition) is 9. The molecule has 0 atom stereocenters. The van der Waals surface area contributed by atoms with Crippen molar-refractivity contribution in [3.05, 3.63) is 47.7 Å². The van der Waals surface area contributed by atoms with Crippen molar-refractivity contribution >= 4 is 32.5 Å². The maximum Gasteiger partial charge on any atom is 0.340 e. The third-order valence-corrected chi connectivity index (χ3v) is 6.92. The number of hydrogen-bond donors (Lipinski definition) is 1. The van der Waals surface area contributed by atoms with E-state index in [1.165, 1.54) is 11.9 Å². The van der Waals surface area contributed by atoms with Crippen molar-refractivity contribution in [3.8, 4) is 22.6 Å². The molecule has 34 heavy (non-hydrogen) atoms. The van der Waals surface area contributed by atoms with Gasteiger partial charge in [0.25, 0.3) is 0 Å². The predicted molar refractivity (Wildman–Crippen MR) is 130 cm³/mol. The summed E-state index contributed by atoms with van der Waals surface area (Å²) in [6, 6.07) is 5.69. The molecule has 176 valence electrons. The molecule has 1 aliphatic rings. The minimum absolute atomic E-state index is 0.258. The molecular weight excluding hydrogens is 454 g/mol. The number of carbonyl (C=O) groups excluding carboxylic acids is 1. The first-order chi connectivity index (χ1) is 16.6. The van der Waals surface area contributed by atoms with E-state index < -0.39 is 5.97 Å². The molecule has 0 saturated heterocycles. The molecule has 1 N–H and O–H groups in total. The van der Waals surface area contributed by atoms with E-state index in [0.29, 0.717) is 29.3 Å². The van der Waals surface area contributed by atoms with Gasteiger partial charge < -0.3 is 19.5 Å². The van der Waals surface area contributed by atoms with Crippen molar-refractivity contribution in [2.45, 2.75) is 26.3 Å². The number of aromatic nitrogens is 4. The van der Waals surface area contributed by atoms with E-state index in [1.54, 1.807) is 43.5 Å². The topological polar surface area (TPSA) is 100 Å². The van der Waals surface area contributed by atoms with E-state index in [0.717, 1.165) is 45.7 Å². The Bertz CT molecular complexity index is 1350. The molecule has 0 fully saturated rings. The molecule has 1 aliphatic heterocycles. The molecule has 9 nitrogen and oxygen atoms in total. The van der Waals surface area contributed by atoms with Crippen molar-refractivity contribution in [2.75, 3.05) is 32.7 Å². The SMILES string of the molecule is CCOC(=O)c1c(Cn2cncn2)nc2sc3c(c2c1-c1ccc(OC)c(OC)c1)CCCN3. The number of aryl methyl sites for hydroxylation is 1. The number of nitrogens with zero attached hydrogens (tertiary/aromatic N) is 4. The van der Waals surface area contributed by atoms with Crippen LogP contribution in [0.2, 0.25) is 0 Å². The second kappa shape index (κ2) is 9.30. The summed E-state index contributed by atoms with van der Waals surface area (Å²) in [5.74, 6) is 0.784. The first kappa shape index (κ1) is 22.1. The summed E-state index contributed by atoms with van der Waals surface area (Å²) in [7, 11) is 3.20. The van der Waals surface area contributed by atoms with Gasteiger partial charge in [0.1, 0.15) is 17.5 Å². The van der Waals surface area contributed by atoms with Crippen LogP contribution in [0.1, 0.15) is 35.0 Å². The van der Waals surface area contributed by atoms with Crippen LogP contribution in [0.3, 0.4) is 0 Å². The Morgan fingerprint density at radius 2 is 2.09 bits per heavy atom. The quantitative estimate of drug-likeness (QED) is 0.395. The zero-order chi connectivity index (χ0) is 23.7. The van der Waals surface area contributed by atoms with Crippen LogP contribution >= 0.6 is 11.3 Å². The summed E-state index contributed by atoms with van der Waals surface area (Å²) in [5, 5.41) is 9.80. The summed E-state index contributed by atoms with van der Waals surface area (Å²) < 4.78 is 18.2. The molecular formula is C24H25N5O4S. The van der Waals surface area contributed by atoms with Gasteiger partial charge in [-0.15, -0.1) is 0 Å². The maximum atomic E-state index is 13.4. The molecule has 0 spiro atoms. The van der Waals surface area contributed by atoms with E-state index in [9.17, 15) is 4.79 Å². The number of rotatable bonds is 7. The lowest BCUT2D eigenvalue weighted by molar-refractivity contribution is 0.0525. The van der Waals surface area contributed by atoms with Gasteiger partial charge in [-0.25, -0.2) is 19.4 Å². The third kappa shape index (κ3) is 3.83. The van der Waals surface area contributed by atoms with Crippen LogP contribution in [0, 0.1) is 0 Å². The number of esters is 1. The molecule has 0 saturated carbocycles. The van der Waals surface area contributed by atoms with Crippen LogP contribution in [0.5, 0.6) is 11.5 Å². The molecule has 4 aromatic rings. The molecule has 0 radical (unpaired) electrons. The smallest absolute Gasteiger partial charge is 0.340 e. The zero-order valence-electron chi connectivity index (χ0n) is 19.3. The Hall–Kier alpha value is -3.66. The first-order valence-corrected chi connectivity index (χ1v) is 11.9. The fourth-order valence-electron chi connectivity index (χ4n) is 4.37. The van der Waals surface area contributed by atoms with Gasteiger partial charge in [0.05, 0.1) is 43.6 Å². The molecule has 0 amide bonds. The minimum atomic E-state index is -0.416. The molecule has 0 aliphatic carbocycles. The van der Waals surface area contributed by atoms with Crippen molar-refractivity contribution in [1.82, 2.24) is 19.7 Å². The number of anilines is 1. The molecule has 0 bridgehead atoms. The van der Waals surface area contributed by atoms with Gasteiger partial charge in [-0.05, 0) is 43.0 Å². The molecule has 5 rings (SSSR count). The molecule has 10 heteroatoms. The zero-order valence-corrected chi connectivity index (χ0v) is 20.1. The summed E-state index contributed by atoms with van der Waals surface area (Å²) in [6.45, 7) is 3.27. The summed E-state index contributed by atoms with van der Waals surface area (Å²) >= 11 is 1.61. The Morgan fingerprint density at radius 3 is 2.82 bits per heavy atom. The van der Waals surface area contributed by atoms with Crippen LogP contribution in [0.25, 0.3) is 21.3 Å². The second-order valence-electron chi connectivity index (χ2n) is 7.81. The number of fused-ring (bicyclic) bond motifs is 3. The standard InChI is InChI=1S/C24H25N5O4S/c1-4-33-24(30)21-16(11-29-13-25-12-27-29)28-23-20(15-6-5-9-26-22(15)34-23)19(21)14-7-8-17(31-2)18(10-14)32-3/h7-8,10,12-13,26H,4-6,9,11H2,1-3H3. The van der Waals surface area contributed by atoms with Gasteiger partial charge in [0, 0.05) is 17.5 Å². The monoisotopic (exact) mass is 479 g/mol. The van der Waals surface area contributed by atoms with Gasteiger partial charge in [0.15, 0.2) is 11.5 Å².